The summed E-state index contributed by atoms with van der Waals surface area (Å²) in [5.41, 5.74) is 1.41. The van der Waals surface area contributed by atoms with E-state index >= 15 is 0 Å². The predicted molar refractivity (Wildman–Crippen MR) is 119 cm³/mol. The normalized spacial score (nSPS) is 21.3. The monoisotopic (exact) mass is 446 g/mol. The molecule has 4 rings (SSSR count). The van der Waals surface area contributed by atoms with Gasteiger partial charge in [-0.15, -0.1) is 11.8 Å². The summed E-state index contributed by atoms with van der Waals surface area (Å²) >= 11 is 7.61. The Kier molecular flexibility index (Phi) is 6.34. The fraction of sp³-hybridized carbons (Fsp3) is 0.391. The van der Waals surface area contributed by atoms with Gasteiger partial charge in [0.2, 0.25) is 5.91 Å². The maximum absolute atomic E-state index is 14.3. The zero-order valence-corrected chi connectivity index (χ0v) is 18.4. The van der Waals surface area contributed by atoms with E-state index in [2.05, 4.69) is 12.2 Å². The first kappa shape index (κ1) is 21.2. The molecule has 7 heteroatoms. The van der Waals surface area contributed by atoms with Crippen molar-refractivity contribution < 1.29 is 14.0 Å². The van der Waals surface area contributed by atoms with Gasteiger partial charge in [0.25, 0.3) is 5.91 Å². The Labute approximate surface area is 185 Å². The molecule has 2 aromatic carbocycles. The van der Waals surface area contributed by atoms with Crippen molar-refractivity contribution in [2.45, 2.75) is 50.1 Å². The van der Waals surface area contributed by atoms with E-state index in [0.29, 0.717) is 17.2 Å². The Hall–Kier alpha value is -2.05. The molecule has 0 bridgehead atoms. The van der Waals surface area contributed by atoms with E-state index in [1.807, 2.05) is 6.07 Å². The minimum atomic E-state index is -0.449. The molecule has 2 atom stereocenters. The SMILES string of the molecule is C[C@H]1CCCC[C@H]1NC(=O)c1ccc2c(c1)N(Cc1c(F)cccc1Cl)C(=O)CS2. The van der Waals surface area contributed by atoms with Gasteiger partial charge in [0, 0.05) is 27.1 Å². The van der Waals surface area contributed by atoms with E-state index in [-0.39, 0.29) is 40.7 Å². The molecule has 0 aromatic heterocycles. The number of thioether (sulfide) groups is 1. The fourth-order valence-electron chi connectivity index (χ4n) is 4.14. The van der Waals surface area contributed by atoms with Crippen molar-refractivity contribution in [3.05, 3.63) is 58.4 Å². The molecule has 1 aliphatic carbocycles. The molecule has 2 aromatic rings. The van der Waals surface area contributed by atoms with Gasteiger partial charge >= 0.3 is 0 Å². The molecule has 0 radical (unpaired) electrons. The van der Waals surface area contributed by atoms with Crippen molar-refractivity contribution >= 4 is 40.9 Å². The van der Waals surface area contributed by atoms with Gasteiger partial charge in [-0.2, -0.15) is 0 Å². The zero-order valence-electron chi connectivity index (χ0n) is 16.8. The Morgan fingerprint density at radius 3 is 2.83 bits per heavy atom. The van der Waals surface area contributed by atoms with Crippen molar-refractivity contribution in [1.29, 1.82) is 0 Å². The number of amides is 2. The molecule has 1 heterocycles. The van der Waals surface area contributed by atoms with Crippen molar-refractivity contribution in [2.24, 2.45) is 5.92 Å². The molecule has 1 N–H and O–H groups in total. The highest BCUT2D eigenvalue weighted by atomic mass is 35.5. The molecular formula is C23H24ClFN2O2S. The molecule has 0 saturated heterocycles. The molecule has 158 valence electrons. The minimum absolute atomic E-state index is 0.0304. The van der Waals surface area contributed by atoms with Crippen molar-refractivity contribution in [3.63, 3.8) is 0 Å². The van der Waals surface area contributed by atoms with Crippen molar-refractivity contribution in [2.75, 3.05) is 10.7 Å². The number of hydrogen-bond acceptors (Lipinski definition) is 3. The van der Waals surface area contributed by atoms with E-state index in [9.17, 15) is 14.0 Å². The second-order valence-electron chi connectivity index (χ2n) is 7.99. The van der Waals surface area contributed by atoms with Crippen LogP contribution >= 0.6 is 23.4 Å². The number of hydrogen-bond donors (Lipinski definition) is 1. The smallest absolute Gasteiger partial charge is 0.251 e. The molecule has 0 unspecified atom stereocenters. The summed E-state index contributed by atoms with van der Waals surface area (Å²) in [7, 11) is 0. The first-order chi connectivity index (χ1) is 14.4. The summed E-state index contributed by atoms with van der Waals surface area (Å²) in [6, 6.07) is 10.0. The Balaban J connectivity index is 1.60. The number of carbonyl (C=O) groups excluding carboxylic acids is 2. The largest absolute Gasteiger partial charge is 0.349 e. The van der Waals surface area contributed by atoms with Crippen molar-refractivity contribution in [3.8, 4) is 0 Å². The summed E-state index contributed by atoms with van der Waals surface area (Å²) in [5, 5.41) is 3.44. The average Bonchev–Trinajstić information content (AvgIpc) is 2.73. The van der Waals surface area contributed by atoms with Gasteiger partial charge in [0.05, 0.1) is 18.0 Å². The van der Waals surface area contributed by atoms with Crippen LogP contribution < -0.4 is 10.2 Å². The third kappa shape index (κ3) is 4.35. The van der Waals surface area contributed by atoms with E-state index in [0.717, 1.165) is 24.2 Å². The highest BCUT2D eigenvalue weighted by Gasteiger charge is 2.28. The topological polar surface area (TPSA) is 49.4 Å². The molecule has 1 fully saturated rings. The lowest BCUT2D eigenvalue weighted by Crippen LogP contribution is -2.41. The predicted octanol–water partition coefficient (Wildman–Crippen LogP) is 5.43. The number of anilines is 1. The van der Waals surface area contributed by atoms with Gasteiger partial charge in [-0.1, -0.05) is 37.4 Å². The van der Waals surface area contributed by atoms with Crippen LogP contribution in [0.5, 0.6) is 0 Å². The molecule has 1 aliphatic heterocycles. The maximum Gasteiger partial charge on any atom is 0.251 e. The van der Waals surface area contributed by atoms with Gasteiger partial charge in [0.15, 0.2) is 0 Å². The molecule has 0 spiro atoms. The van der Waals surface area contributed by atoms with E-state index in [4.69, 9.17) is 11.6 Å². The number of carbonyl (C=O) groups is 2. The number of fused-ring (bicyclic) bond motifs is 1. The van der Waals surface area contributed by atoms with Gasteiger partial charge in [-0.3, -0.25) is 9.59 Å². The molecular weight excluding hydrogens is 423 g/mol. The summed E-state index contributed by atoms with van der Waals surface area (Å²) in [6.07, 6.45) is 4.45. The number of benzene rings is 2. The molecule has 30 heavy (non-hydrogen) atoms. The van der Waals surface area contributed by atoms with Crippen molar-refractivity contribution in [1.82, 2.24) is 5.32 Å². The summed E-state index contributed by atoms with van der Waals surface area (Å²) in [4.78, 5) is 28.0. The van der Waals surface area contributed by atoms with E-state index in [1.165, 1.54) is 35.2 Å². The molecule has 2 amide bonds. The molecule has 4 nitrogen and oxygen atoms in total. The highest BCUT2D eigenvalue weighted by Crippen LogP contribution is 2.38. The Morgan fingerprint density at radius 2 is 2.07 bits per heavy atom. The van der Waals surface area contributed by atoms with Gasteiger partial charge < -0.3 is 10.2 Å². The van der Waals surface area contributed by atoms with Crippen LogP contribution in [-0.2, 0) is 11.3 Å². The standard InChI is InChI=1S/C23H24ClFN2O2S/c1-14-5-2-3-8-19(14)26-23(29)15-9-10-21-20(11-15)27(22(28)13-30-21)12-16-17(24)6-4-7-18(16)25/h4,6-7,9-11,14,19H,2-3,5,8,12-13H2,1H3,(H,26,29)/t14-,19+/m0/s1. The quantitative estimate of drug-likeness (QED) is 0.681. The van der Waals surface area contributed by atoms with Gasteiger partial charge in [-0.05, 0) is 49.1 Å². The number of nitrogens with zero attached hydrogens (tertiary/aromatic N) is 1. The molecule has 1 saturated carbocycles. The van der Waals surface area contributed by atoms with Crippen LogP contribution in [0.25, 0.3) is 0 Å². The summed E-state index contributed by atoms with van der Waals surface area (Å²) in [5.74, 6) is 0.00523. The van der Waals surface area contributed by atoms with Crippen LogP contribution in [0.1, 0.15) is 48.5 Å². The zero-order chi connectivity index (χ0) is 21.3. The Bertz CT molecular complexity index is 963. The van der Waals surface area contributed by atoms with Crippen LogP contribution in [0.15, 0.2) is 41.3 Å². The summed E-state index contributed by atoms with van der Waals surface area (Å²) in [6.45, 7) is 2.20. The third-order valence-corrected chi connectivity index (χ3v) is 7.37. The molecule has 2 aliphatic rings. The second kappa shape index (κ2) is 8.98. The van der Waals surface area contributed by atoms with Gasteiger partial charge in [-0.25, -0.2) is 4.39 Å². The number of rotatable bonds is 4. The van der Waals surface area contributed by atoms with Crippen LogP contribution in [0.4, 0.5) is 10.1 Å². The maximum atomic E-state index is 14.3. The van der Waals surface area contributed by atoms with Crippen LogP contribution in [0.3, 0.4) is 0 Å². The van der Waals surface area contributed by atoms with Crippen LogP contribution in [0.2, 0.25) is 5.02 Å². The van der Waals surface area contributed by atoms with E-state index in [1.54, 1.807) is 18.2 Å². The van der Waals surface area contributed by atoms with Crippen LogP contribution in [0, 0.1) is 11.7 Å². The first-order valence-electron chi connectivity index (χ1n) is 10.2. The van der Waals surface area contributed by atoms with E-state index < -0.39 is 5.82 Å². The average molecular weight is 447 g/mol. The minimum Gasteiger partial charge on any atom is -0.349 e. The number of nitrogens with one attached hydrogen (secondary N) is 1. The summed E-state index contributed by atoms with van der Waals surface area (Å²) < 4.78 is 14.3. The van der Waals surface area contributed by atoms with Crippen LogP contribution in [-0.4, -0.2) is 23.6 Å². The Morgan fingerprint density at radius 1 is 1.27 bits per heavy atom. The van der Waals surface area contributed by atoms with Gasteiger partial charge in [0.1, 0.15) is 5.82 Å². The lowest BCUT2D eigenvalue weighted by molar-refractivity contribution is -0.116. The third-order valence-electron chi connectivity index (χ3n) is 5.97. The highest BCUT2D eigenvalue weighted by molar-refractivity contribution is 8.00. The number of halogens is 2. The first-order valence-corrected chi connectivity index (χ1v) is 11.6. The fourth-order valence-corrected chi connectivity index (χ4v) is 5.28. The lowest BCUT2D eigenvalue weighted by atomic mass is 9.86. The lowest BCUT2D eigenvalue weighted by Gasteiger charge is -2.31. The second-order valence-corrected chi connectivity index (χ2v) is 9.42.